The van der Waals surface area contributed by atoms with Crippen LogP contribution in [0, 0.1) is 6.92 Å². The maximum absolute atomic E-state index is 13.5. The zero-order chi connectivity index (χ0) is 25.3. The number of halogens is 1. The second-order valence-electron chi connectivity index (χ2n) is 8.35. The van der Waals surface area contributed by atoms with E-state index in [1.54, 1.807) is 25.1 Å². The number of sulfonamides is 1. The number of hydrogen-bond donors (Lipinski definition) is 1. The zero-order valence-corrected chi connectivity index (χ0v) is 22.7. The molecule has 7 nitrogen and oxygen atoms in total. The van der Waals surface area contributed by atoms with E-state index < -0.39 is 22.0 Å². The third-order valence-corrected chi connectivity index (χ3v) is 7.62. The molecule has 0 radical (unpaired) electrons. The maximum Gasteiger partial charge on any atom is 0.244 e. The molecule has 0 saturated heterocycles. The molecule has 9 heteroatoms. The molecule has 1 N–H and O–H groups in total. The van der Waals surface area contributed by atoms with E-state index >= 15 is 0 Å². The van der Waals surface area contributed by atoms with Gasteiger partial charge in [0.1, 0.15) is 12.6 Å². The van der Waals surface area contributed by atoms with Gasteiger partial charge >= 0.3 is 0 Å². The third kappa shape index (κ3) is 8.13. The van der Waals surface area contributed by atoms with Crippen LogP contribution in [0.2, 0.25) is 0 Å². The molecule has 2 rings (SSSR count). The van der Waals surface area contributed by atoms with Crippen LogP contribution in [0.1, 0.15) is 37.8 Å². The van der Waals surface area contributed by atoms with Crippen LogP contribution in [0.15, 0.2) is 53.0 Å². The quantitative estimate of drug-likeness (QED) is 0.405. The molecule has 34 heavy (non-hydrogen) atoms. The summed E-state index contributed by atoms with van der Waals surface area (Å²) in [6.45, 7) is 6.01. The van der Waals surface area contributed by atoms with Gasteiger partial charge in [-0.1, -0.05) is 59.6 Å². The van der Waals surface area contributed by atoms with Crippen molar-refractivity contribution in [1.29, 1.82) is 0 Å². The van der Waals surface area contributed by atoms with Crippen LogP contribution in [0.25, 0.3) is 0 Å². The fourth-order valence-corrected chi connectivity index (χ4v) is 4.59. The van der Waals surface area contributed by atoms with Gasteiger partial charge in [0.05, 0.1) is 11.9 Å². The minimum absolute atomic E-state index is 0.250. The number of hydrogen-bond acceptors (Lipinski definition) is 4. The van der Waals surface area contributed by atoms with Gasteiger partial charge in [-0.3, -0.25) is 13.9 Å². The molecule has 186 valence electrons. The van der Waals surface area contributed by atoms with Crippen molar-refractivity contribution in [3.8, 4) is 0 Å². The molecule has 0 aromatic heterocycles. The Balaban J connectivity index is 2.29. The van der Waals surface area contributed by atoms with Gasteiger partial charge in [-0.2, -0.15) is 0 Å². The van der Waals surface area contributed by atoms with Crippen molar-refractivity contribution in [1.82, 2.24) is 10.2 Å². The van der Waals surface area contributed by atoms with Gasteiger partial charge in [-0.05, 0) is 56.0 Å². The monoisotopic (exact) mass is 551 g/mol. The van der Waals surface area contributed by atoms with Crippen LogP contribution in [-0.2, 0) is 26.0 Å². The van der Waals surface area contributed by atoms with Crippen molar-refractivity contribution in [2.24, 2.45) is 0 Å². The van der Waals surface area contributed by atoms with Crippen molar-refractivity contribution in [2.75, 3.05) is 30.2 Å². The fourth-order valence-electron chi connectivity index (χ4n) is 3.50. The van der Waals surface area contributed by atoms with Gasteiger partial charge in [0.25, 0.3) is 0 Å². The summed E-state index contributed by atoms with van der Waals surface area (Å²) in [4.78, 5) is 27.7. The lowest BCUT2D eigenvalue weighted by atomic mass is 10.1. The second kappa shape index (κ2) is 12.9. The molecule has 0 saturated carbocycles. The molecule has 0 aliphatic heterocycles. The van der Waals surface area contributed by atoms with E-state index in [1.807, 2.05) is 44.2 Å². The van der Waals surface area contributed by atoms with Crippen molar-refractivity contribution < 1.29 is 18.0 Å². The highest BCUT2D eigenvalue weighted by atomic mass is 79.9. The Kier molecular flexibility index (Phi) is 10.6. The molecule has 0 fully saturated rings. The van der Waals surface area contributed by atoms with E-state index in [4.69, 9.17) is 0 Å². The Morgan fingerprint density at radius 3 is 2.38 bits per heavy atom. The lowest BCUT2D eigenvalue weighted by Crippen LogP contribution is -2.52. The van der Waals surface area contributed by atoms with E-state index in [1.165, 1.54) is 4.90 Å². The lowest BCUT2D eigenvalue weighted by Gasteiger charge is -2.31. The first-order valence-corrected chi connectivity index (χ1v) is 14.0. The van der Waals surface area contributed by atoms with E-state index in [0.717, 1.165) is 39.0 Å². The highest BCUT2D eigenvalue weighted by Crippen LogP contribution is 2.25. The average molecular weight is 553 g/mol. The number of rotatable bonds is 12. The number of carbonyl (C=O) groups is 2. The first-order valence-electron chi connectivity index (χ1n) is 11.4. The Labute approximate surface area is 211 Å². The van der Waals surface area contributed by atoms with Crippen LogP contribution in [0.4, 0.5) is 5.69 Å². The van der Waals surface area contributed by atoms with E-state index in [0.29, 0.717) is 25.2 Å². The molecule has 2 aromatic carbocycles. The van der Waals surface area contributed by atoms with Gasteiger partial charge < -0.3 is 10.2 Å². The predicted molar refractivity (Wildman–Crippen MR) is 140 cm³/mol. The molecule has 2 amide bonds. The molecule has 0 aliphatic carbocycles. The number of nitrogens with one attached hydrogen (secondary N) is 1. The second-order valence-corrected chi connectivity index (χ2v) is 11.1. The predicted octanol–water partition coefficient (Wildman–Crippen LogP) is 3.90. The minimum Gasteiger partial charge on any atom is -0.354 e. The van der Waals surface area contributed by atoms with Gasteiger partial charge in [0.15, 0.2) is 0 Å². The van der Waals surface area contributed by atoms with Gasteiger partial charge in [0, 0.05) is 17.6 Å². The van der Waals surface area contributed by atoms with Crippen LogP contribution >= 0.6 is 15.9 Å². The summed E-state index contributed by atoms with van der Waals surface area (Å²) >= 11 is 3.42. The molecule has 1 unspecified atom stereocenters. The van der Waals surface area contributed by atoms with Crippen molar-refractivity contribution in [2.45, 2.75) is 46.1 Å². The topological polar surface area (TPSA) is 86.8 Å². The number of benzene rings is 2. The molecular weight excluding hydrogens is 518 g/mol. The Hall–Kier alpha value is -2.39. The lowest BCUT2D eigenvalue weighted by molar-refractivity contribution is -0.138. The standard InChI is InChI=1S/C25H34BrN3O4S/c1-5-6-15-27-25(31)20(3)28(16-14-21-10-8-7-9-11-21)24(30)18-29(34(4,32)33)22-12-13-23(26)19(2)17-22/h7-13,17,20H,5-6,14-16,18H2,1-4H3,(H,27,31). The molecule has 1 atom stereocenters. The SMILES string of the molecule is CCCCNC(=O)C(C)N(CCc1ccccc1)C(=O)CN(c1ccc(Br)c(C)c1)S(C)(=O)=O. The smallest absolute Gasteiger partial charge is 0.244 e. The van der Waals surface area contributed by atoms with Gasteiger partial charge in [-0.25, -0.2) is 8.42 Å². The van der Waals surface area contributed by atoms with E-state index in [9.17, 15) is 18.0 Å². The van der Waals surface area contributed by atoms with E-state index in [-0.39, 0.29) is 12.5 Å². The summed E-state index contributed by atoms with van der Waals surface area (Å²) in [5.74, 6) is -0.680. The number of aryl methyl sites for hydroxylation is 1. The Bertz CT molecular complexity index is 1080. The number of unbranched alkanes of at least 4 members (excludes halogenated alkanes) is 1. The molecule has 0 spiro atoms. The van der Waals surface area contributed by atoms with Crippen molar-refractivity contribution in [3.05, 3.63) is 64.1 Å². The minimum atomic E-state index is -3.74. The summed E-state index contributed by atoms with van der Waals surface area (Å²) in [5.41, 5.74) is 2.28. The van der Waals surface area contributed by atoms with Crippen LogP contribution in [-0.4, -0.2) is 57.1 Å². The molecule has 0 bridgehead atoms. The van der Waals surface area contributed by atoms with Crippen LogP contribution in [0.3, 0.4) is 0 Å². The highest BCUT2D eigenvalue weighted by molar-refractivity contribution is 9.10. The van der Waals surface area contributed by atoms with Gasteiger partial charge in [-0.15, -0.1) is 0 Å². The highest BCUT2D eigenvalue weighted by Gasteiger charge is 2.29. The Morgan fingerprint density at radius 1 is 1.12 bits per heavy atom. The first-order chi connectivity index (χ1) is 16.0. The molecule has 0 aliphatic rings. The third-order valence-electron chi connectivity index (χ3n) is 5.59. The fraction of sp³-hybridized carbons (Fsp3) is 0.440. The van der Waals surface area contributed by atoms with E-state index in [2.05, 4.69) is 21.2 Å². The van der Waals surface area contributed by atoms with Crippen LogP contribution < -0.4 is 9.62 Å². The first kappa shape index (κ1) is 27.9. The molecule has 2 aromatic rings. The normalized spacial score (nSPS) is 12.1. The summed E-state index contributed by atoms with van der Waals surface area (Å²) in [6.07, 6.45) is 3.42. The maximum atomic E-state index is 13.5. The molecule has 0 heterocycles. The number of anilines is 1. The van der Waals surface area contributed by atoms with Crippen molar-refractivity contribution >= 4 is 43.5 Å². The summed E-state index contributed by atoms with van der Waals surface area (Å²) in [6, 6.07) is 14.1. The summed E-state index contributed by atoms with van der Waals surface area (Å²) in [7, 11) is -3.74. The number of amides is 2. The zero-order valence-electron chi connectivity index (χ0n) is 20.3. The van der Waals surface area contributed by atoms with Gasteiger partial charge in [0.2, 0.25) is 21.8 Å². The number of carbonyl (C=O) groups excluding carboxylic acids is 2. The largest absolute Gasteiger partial charge is 0.354 e. The van der Waals surface area contributed by atoms with Crippen molar-refractivity contribution in [3.63, 3.8) is 0 Å². The Morgan fingerprint density at radius 2 is 1.79 bits per heavy atom. The average Bonchev–Trinajstić information content (AvgIpc) is 2.79. The number of nitrogens with zero attached hydrogens (tertiary/aromatic N) is 2. The summed E-state index contributed by atoms with van der Waals surface area (Å²) < 4.78 is 27.2. The summed E-state index contributed by atoms with van der Waals surface area (Å²) in [5, 5.41) is 2.88. The van der Waals surface area contributed by atoms with Crippen LogP contribution in [0.5, 0.6) is 0 Å². The molecular formula is C25H34BrN3O4S.